The molecule has 0 fully saturated rings. The summed E-state index contributed by atoms with van der Waals surface area (Å²) in [6.07, 6.45) is 0.625. The van der Waals surface area contributed by atoms with E-state index in [0.29, 0.717) is 6.42 Å². The van der Waals surface area contributed by atoms with Gasteiger partial charge in [-0.25, -0.2) is 0 Å². The number of hydrogen-bond acceptors (Lipinski definition) is 2. The summed E-state index contributed by atoms with van der Waals surface area (Å²) in [7, 11) is 0. The zero-order chi connectivity index (χ0) is 13.2. The lowest BCUT2D eigenvalue weighted by molar-refractivity contribution is -0.136. The van der Waals surface area contributed by atoms with Gasteiger partial charge in [-0.05, 0) is 41.5 Å². The van der Waals surface area contributed by atoms with Gasteiger partial charge in [0.15, 0.2) is 0 Å². The molecule has 94 valence electrons. The Morgan fingerprint density at radius 3 is 2.35 bits per heavy atom. The van der Waals surface area contributed by atoms with E-state index in [0.717, 1.165) is 16.7 Å². The smallest absolute Gasteiger partial charge is 0.303 e. The summed E-state index contributed by atoms with van der Waals surface area (Å²) in [4.78, 5) is 10.6. The third-order valence-electron chi connectivity index (χ3n) is 2.87. The Balaban J connectivity index is 3.11. The average molecular weight is 236 g/mol. The quantitative estimate of drug-likeness (QED) is 0.848. The van der Waals surface area contributed by atoms with Crippen LogP contribution in [0.3, 0.4) is 0 Å². The van der Waals surface area contributed by atoms with Crippen LogP contribution in [0.5, 0.6) is 5.75 Å². The van der Waals surface area contributed by atoms with E-state index in [1.54, 1.807) is 6.07 Å². The molecule has 17 heavy (non-hydrogen) atoms. The predicted molar refractivity (Wildman–Crippen MR) is 67.5 cm³/mol. The molecule has 0 heterocycles. The van der Waals surface area contributed by atoms with E-state index in [1.807, 2.05) is 33.8 Å². The second-order valence-corrected chi connectivity index (χ2v) is 5.44. The van der Waals surface area contributed by atoms with Crippen LogP contribution in [-0.2, 0) is 16.6 Å². The van der Waals surface area contributed by atoms with E-state index >= 15 is 0 Å². The van der Waals surface area contributed by atoms with Gasteiger partial charge in [-0.1, -0.05) is 26.8 Å². The highest BCUT2D eigenvalue weighted by atomic mass is 16.4. The molecule has 0 atom stereocenters. The average Bonchev–Trinajstić information content (AvgIpc) is 2.13. The minimum atomic E-state index is -0.796. The van der Waals surface area contributed by atoms with Crippen LogP contribution in [0.2, 0.25) is 0 Å². The molecule has 1 rings (SSSR count). The van der Waals surface area contributed by atoms with E-state index < -0.39 is 5.97 Å². The highest BCUT2D eigenvalue weighted by molar-refractivity contribution is 5.67. The Kier molecular flexibility index (Phi) is 3.81. The third-order valence-corrected chi connectivity index (χ3v) is 2.87. The van der Waals surface area contributed by atoms with Gasteiger partial charge in [0.2, 0.25) is 0 Å². The van der Waals surface area contributed by atoms with Crippen molar-refractivity contribution in [3.63, 3.8) is 0 Å². The molecule has 0 radical (unpaired) electrons. The molecule has 1 aromatic carbocycles. The van der Waals surface area contributed by atoms with Gasteiger partial charge < -0.3 is 10.2 Å². The minimum Gasteiger partial charge on any atom is -0.508 e. The van der Waals surface area contributed by atoms with Crippen LogP contribution < -0.4 is 0 Å². The number of phenolic OH excluding ortho intramolecular Hbond substituents is 1. The summed E-state index contributed by atoms with van der Waals surface area (Å²) in [6.45, 7) is 7.97. The van der Waals surface area contributed by atoms with Crippen molar-refractivity contribution >= 4 is 5.97 Å². The fraction of sp³-hybridized carbons (Fsp3) is 0.500. The van der Waals surface area contributed by atoms with Gasteiger partial charge in [0.25, 0.3) is 0 Å². The normalized spacial score (nSPS) is 11.5. The fourth-order valence-electron chi connectivity index (χ4n) is 1.85. The van der Waals surface area contributed by atoms with E-state index in [4.69, 9.17) is 5.11 Å². The molecule has 3 nitrogen and oxygen atoms in total. The highest BCUT2D eigenvalue weighted by Gasteiger charge is 2.19. The number of rotatable bonds is 3. The number of carboxylic acid groups (broad SMARTS) is 1. The third kappa shape index (κ3) is 3.48. The van der Waals surface area contributed by atoms with Crippen molar-refractivity contribution in [2.24, 2.45) is 0 Å². The lowest BCUT2D eigenvalue weighted by Gasteiger charge is -2.22. The molecule has 0 amide bonds. The summed E-state index contributed by atoms with van der Waals surface area (Å²) in [6, 6.07) is 3.64. The Hall–Kier alpha value is -1.51. The van der Waals surface area contributed by atoms with Crippen LogP contribution in [0.15, 0.2) is 12.1 Å². The molecule has 0 unspecified atom stereocenters. The number of carboxylic acids is 1. The monoisotopic (exact) mass is 236 g/mol. The maximum atomic E-state index is 10.6. The van der Waals surface area contributed by atoms with Gasteiger partial charge in [-0.3, -0.25) is 4.79 Å². The second-order valence-electron chi connectivity index (χ2n) is 5.44. The Labute approximate surface area is 102 Å². The zero-order valence-electron chi connectivity index (χ0n) is 10.9. The van der Waals surface area contributed by atoms with Crippen molar-refractivity contribution in [2.45, 2.75) is 46.0 Å². The summed E-state index contributed by atoms with van der Waals surface area (Å²) in [5.74, 6) is -0.510. The summed E-state index contributed by atoms with van der Waals surface area (Å²) >= 11 is 0. The van der Waals surface area contributed by atoms with Gasteiger partial charge in [-0.15, -0.1) is 0 Å². The van der Waals surface area contributed by atoms with E-state index in [-0.39, 0.29) is 17.6 Å². The number of aliphatic carboxylic acids is 1. The van der Waals surface area contributed by atoms with Crippen molar-refractivity contribution in [2.75, 3.05) is 0 Å². The fourth-order valence-corrected chi connectivity index (χ4v) is 1.85. The lowest BCUT2D eigenvalue weighted by Crippen LogP contribution is -2.12. The van der Waals surface area contributed by atoms with E-state index in [9.17, 15) is 9.90 Å². The van der Waals surface area contributed by atoms with Crippen molar-refractivity contribution in [1.82, 2.24) is 0 Å². The molecule has 0 aliphatic carbocycles. The number of phenols is 1. The first kappa shape index (κ1) is 13.6. The molecule has 0 aromatic heterocycles. The van der Waals surface area contributed by atoms with Crippen LogP contribution >= 0.6 is 0 Å². The highest BCUT2D eigenvalue weighted by Crippen LogP contribution is 2.33. The second kappa shape index (κ2) is 4.78. The summed E-state index contributed by atoms with van der Waals surface area (Å²) in [5, 5.41) is 18.6. The maximum absolute atomic E-state index is 10.6. The van der Waals surface area contributed by atoms with Crippen molar-refractivity contribution < 1.29 is 15.0 Å². The van der Waals surface area contributed by atoms with Gasteiger partial charge in [-0.2, -0.15) is 0 Å². The summed E-state index contributed by atoms with van der Waals surface area (Å²) in [5.41, 5.74) is 2.66. The van der Waals surface area contributed by atoms with Crippen LogP contribution in [0, 0.1) is 6.92 Å². The zero-order valence-corrected chi connectivity index (χ0v) is 10.9. The van der Waals surface area contributed by atoms with Gasteiger partial charge in [0.05, 0.1) is 0 Å². The van der Waals surface area contributed by atoms with Crippen LogP contribution in [0.4, 0.5) is 0 Å². The Morgan fingerprint density at radius 1 is 1.29 bits per heavy atom. The molecule has 0 bridgehead atoms. The predicted octanol–water partition coefficient (Wildman–Crippen LogP) is 3.02. The van der Waals surface area contributed by atoms with Crippen LogP contribution in [0.25, 0.3) is 0 Å². The molecule has 0 saturated heterocycles. The largest absolute Gasteiger partial charge is 0.508 e. The number of aromatic hydroxyl groups is 1. The molecular formula is C14H20O3. The van der Waals surface area contributed by atoms with Crippen LogP contribution in [-0.4, -0.2) is 16.2 Å². The standard InChI is InChI=1S/C14H20O3/c1-9-7-12(15)11(14(2,3)4)8-10(9)5-6-13(16)17/h7-8,15H,5-6H2,1-4H3,(H,16,17). The topological polar surface area (TPSA) is 57.5 Å². The van der Waals surface area contributed by atoms with Gasteiger partial charge in [0.1, 0.15) is 5.75 Å². The lowest BCUT2D eigenvalue weighted by atomic mass is 9.84. The van der Waals surface area contributed by atoms with Crippen molar-refractivity contribution in [3.8, 4) is 5.75 Å². The first-order chi connectivity index (χ1) is 7.71. The summed E-state index contributed by atoms with van der Waals surface area (Å²) < 4.78 is 0. The van der Waals surface area contributed by atoms with Crippen molar-refractivity contribution in [3.05, 3.63) is 28.8 Å². The van der Waals surface area contributed by atoms with E-state index in [1.165, 1.54) is 0 Å². The van der Waals surface area contributed by atoms with Gasteiger partial charge >= 0.3 is 5.97 Å². The van der Waals surface area contributed by atoms with E-state index in [2.05, 4.69) is 0 Å². The molecule has 1 aromatic rings. The molecule has 0 saturated carbocycles. The van der Waals surface area contributed by atoms with Crippen molar-refractivity contribution in [1.29, 1.82) is 0 Å². The van der Waals surface area contributed by atoms with Crippen LogP contribution in [0.1, 0.15) is 43.9 Å². The molecule has 3 heteroatoms. The number of benzene rings is 1. The molecule has 0 spiro atoms. The first-order valence-corrected chi connectivity index (χ1v) is 5.76. The molecule has 0 aliphatic heterocycles. The maximum Gasteiger partial charge on any atom is 0.303 e. The van der Waals surface area contributed by atoms with Gasteiger partial charge in [0, 0.05) is 6.42 Å². The number of hydrogen-bond donors (Lipinski definition) is 2. The Bertz CT molecular complexity index is 428. The minimum absolute atomic E-state index is 0.120. The first-order valence-electron chi connectivity index (χ1n) is 5.76. The molecule has 0 aliphatic rings. The molecular weight excluding hydrogens is 216 g/mol. The number of aryl methyl sites for hydroxylation is 2. The number of carbonyl (C=O) groups is 1. The Morgan fingerprint density at radius 2 is 1.88 bits per heavy atom. The SMILES string of the molecule is Cc1cc(O)c(C(C)(C)C)cc1CCC(=O)O. The molecule has 2 N–H and O–H groups in total.